The van der Waals surface area contributed by atoms with E-state index in [1.807, 2.05) is 12.1 Å². The number of fused-ring (bicyclic) bond motifs is 1. The summed E-state index contributed by atoms with van der Waals surface area (Å²) >= 11 is 1.78. The maximum Gasteiger partial charge on any atom is 0.417 e. The summed E-state index contributed by atoms with van der Waals surface area (Å²) in [7, 11) is 0. The van der Waals surface area contributed by atoms with E-state index in [2.05, 4.69) is 41.2 Å². The lowest BCUT2D eigenvalue weighted by Crippen LogP contribution is -2.14. The molecule has 0 amide bonds. The molecule has 3 nitrogen and oxygen atoms in total. The van der Waals surface area contributed by atoms with E-state index in [9.17, 15) is 13.2 Å². The zero-order valence-electron chi connectivity index (χ0n) is 17.4. The third-order valence-corrected chi connectivity index (χ3v) is 6.20. The van der Waals surface area contributed by atoms with Gasteiger partial charge in [0.2, 0.25) is 0 Å². The van der Waals surface area contributed by atoms with Crippen molar-refractivity contribution in [2.45, 2.75) is 58.1 Å². The van der Waals surface area contributed by atoms with Gasteiger partial charge in [0.05, 0.1) is 5.56 Å². The Balaban J connectivity index is 1.76. The van der Waals surface area contributed by atoms with Crippen LogP contribution in [0.4, 0.5) is 13.2 Å². The third kappa shape index (κ3) is 4.83. The Labute approximate surface area is 179 Å². The SMILES string of the molecule is CC(C)(C)Cn1cc(CNSC2CC2)c2ccc(-c3cnccc3C(F)(F)F)cc21. The van der Waals surface area contributed by atoms with Crippen molar-refractivity contribution in [2.75, 3.05) is 0 Å². The smallest absolute Gasteiger partial charge is 0.347 e. The summed E-state index contributed by atoms with van der Waals surface area (Å²) in [6.07, 6.45) is 2.73. The summed E-state index contributed by atoms with van der Waals surface area (Å²) in [4.78, 5) is 3.95. The van der Waals surface area contributed by atoms with Crippen LogP contribution in [-0.4, -0.2) is 14.8 Å². The van der Waals surface area contributed by atoms with Crippen LogP contribution in [0.3, 0.4) is 0 Å². The number of hydrogen-bond donors (Lipinski definition) is 1. The fourth-order valence-corrected chi connectivity index (χ4v) is 4.46. The normalized spacial score (nSPS) is 15.1. The number of hydrogen-bond acceptors (Lipinski definition) is 3. The fraction of sp³-hybridized carbons (Fsp3) is 0.435. The van der Waals surface area contributed by atoms with Crippen LogP contribution in [0.1, 0.15) is 44.7 Å². The van der Waals surface area contributed by atoms with Crippen molar-refractivity contribution in [1.82, 2.24) is 14.3 Å². The molecule has 1 N–H and O–H groups in total. The standard InChI is InChI=1S/C23H26F3N3S/c1-22(2,3)14-29-13-16(11-28-30-17-5-6-17)18-7-4-15(10-21(18)29)19-12-27-9-8-20(19)23(24,25)26/h4,7-10,12-13,17,28H,5-6,11,14H2,1-3H3. The minimum absolute atomic E-state index is 0.0425. The second-order valence-corrected chi connectivity index (χ2v) is 10.3. The van der Waals surface area contributed by atoms with Gasteiger partial charge in [0.1, 0.15) is 0 Å². The first-order valence-electron chi connectivity index (χ1n) is 10.1. The average Bonchev–Trinajstić information content (AvgIpc) is 3.43. The topological polar surface area (TPSA) is 29.9 Å². The van der Waals surface area contributed by atoms with Gasteiger partial charge >= 0.3 is 6.18 Å². The molecule has 1 saturated carbocycles. The molecule has 2 heterocycles. The lowest BCUT2D eigenvalue weighted by Gasteiger charge is -2.20. The highest BCUT2D eigenvalue weighted by Gasteiger charge is 2.33. The van der Waals surface area contributed by atoms with Crippen LogP contribution >= 0.6 is 11.9 Å². The van der Waals surface area contributed by atoms with E-state index >= 15 is 0 Å². The molecule has 3 aromatic rings. The predicted molar refractivity (Wildman–Crippen MR) is 117 cm³/mol. The Morgan fingerprint density at radius 1 is 1.17 bits per heavy atom. The van der Waals surface area contributed by atoms with E-state index in [0.717, 1.165) is 35.6 Å². The molecule has 1 aliphatic carbocycles. The highest BCUT2D eigenvalue weighted by atomic mass is 32.2. The van der Waals surface area contributed by atoms with Gasteiger partial charge in [-0.05, 0) is 41.5 Å². The minimum Gasteiger partial charge on any atom is -0.347 e. The van der Waals surface area contributed by atoms with Crippen LogP contribution in [-0.2, 0) is 19.3 Å². The van der Waals surface area contributed by atoms with Crippen LogP contribution in [0.15, 0.2) is 42.9 Å². The van der Waals surface area contributed by atoms with Gasteiger partial charge in [-0.25, -0.2) is 0 Å². The summed E-state index contributed by atoms with van der Waals surface area (Å²) in [5.41, 5.74) is 2.14. The molecule has 1 aliphatic rings. The lowest BCUT2D eigenvalue weighted by molar-refractivity contribution is -0.137. The molecule has 0 atom stereocenters. The van der Waals surface area contributed by atoms with Gasteiger partial charge in [-0.1, -0.05) is 44.9 Å². The second kappa shape index (κ2) is 7.93. The van der Waals surface area contributed by atoms with E-state index in [0.29, 0.717) is 10.8 Å². The number of aromatic nitrogens is 2. The molecular formula is C23H26F3N3S. The number of alkyl halides is 3. The van der Waals surface area contributed by atoms with Crippen molar-refractivity contribution < 1.29 is 13.2 Å². The van der Waals surface area contributed by atoms with Crippen LogP contribution in [0.5, 0.6) is 0 Å². The predicted octanol–water partition coefficient (Wildman–Crippen LogP) is 6.67. The summed E-state index contributed by atoms with van der Waals surface area (Å²) in [6.45, 7) is 7.99. The minimum atomic E-state index is -4.42. The molecular weight excluding hydrogens is 407 g/mol. The Hall–Kier alpha value is -1.99. The average molecular weight is 434 g/mol. The number of nitrogens with one attached hydrogen (secondary N) is 1. The number of halogens is 3. The van der Waals surface area contributed by atoms with Crippen molar-refractivity contribution in [1.29, 1.82) is 0 Å². The van der Waals surface area contributed by atoms with Crippen molar-refractivity contribution in [2.24, 2.45) is 5.41 Å². The molecule has 0 spiro atoms. The van der Waals surface area contributed by atoms with Crippen LogP contribution in [0, 0.1) is 5.41 Å². The van der Waals surface area contributed by atoms with Gasteiger partial charge in [-0.15, -0.1) is 0 Å². The summed E-state index contributed by atoms with van der Waals surface area (Å²) in [6, 6.07) is 6.62. The monoisotopic (exact) mass is 433 g/mol. The Morgan fingerprint density at radius 3 is 2.60 bits per heavy atom. The van der Waals surface area contributed by atoms with Gasteiger partial charge in [0.15, 0.2) is 0 Å². The molecule has 160 valence electrons. The highest BCUT2D eigenvalue weighted by molar-refractivity contribution is 7.98. The summed E-state index contributed by atoms with van der Waals surface area (Å²) in [5, 5.41) is 1.79. The maximum absolute atomic E-state index is 13.5. The zero-order valence-corrected chi connectivity index (χ0v) is 18.2. The molecule has 7 heteroatoms. The number of benzene rings is 1. The quantitative estimate of drug-likeness (QED) is 0.440. The highest BCUT2D eigenvalue weighted by Crippen LogP contribution is 2.38. The first-order chi connectivity index (χ1) is 14.1. The van der Waals surface area contributed by atoms with E-state index in [1.54, 1.807) is 18.0 Å². The Morgan fingerprint density at radius 2 is 1.93 bits per heavy atom. The largest absolute Gasteiger partial charge is 0.417 e. The van der Waals surface area contributed by atoms with Gasteiger partial charge in [0.25, 0.3) is 0 Å². The van der Waals surface area contributed by atoms with Crippen molar-refractivity contribution in [3.63, 3.8) is 0 Å². The van der Waals surface area contributed by atoms with Gasteiger partial charge in [-0.2, -0.15) is 13.2 Å². The number of pyridine rings is 1. The summed E-state index contributed by atoms with van der Waals surface area (Å²) in [5.74, 6) is 0. The zero-order chi connectivity index (χ0) is 21.5. The number of rotatable bonds is 6. The first-order valence-corrected chi connectivity index (χ1v) is 11.0. The molecule has 0 bridgehead atoms. The third-order valence-electron chi connectivity index (χ3n) is 5.08. The molecule has 1 fully saturated rings. The van der Waals surface area contributed by atoms with Crippen LogP contribution in [0.2, 0.25) is 0 Å². The summed E-state index contributed by atoms with van der Waals surface area (Å²) < 4.78 is 46.2. The molecule has 1 aromatic carbocycles. The van der Waals surface area contributed by atoms with Gasteiger partial charge < -0.3 is 4.57 Å². The molecule has 30 heavy (non-hydrogen) atoms. The van der Waals surface area contributed by atoms with Gasteiger partial charge in [0, 0.05) is 53.4 Å². The van der Waals surface area contributed by atoms with Crippen molar-refractivity contribution in [3.8, 4) is 11.1 Å². The number of nitrogens with zero attached hydrogens (tertiary/aromatic N) is 2. The molecule has 4 rings (SSSR count). The second-order valence-electron chi connectivity index (χ2n) is 9.13. The Bertz CT molecular complexity index is 1050. The van der Waals surface area contributed by atoms with Crippen LogP contribution in [0.25, 0.3) is 22.0 Å². The van der Waals surface area contributed by atoms with E-state index in [4.69, 9.17) is 0 Å². The molecule has 0 unspecified atom stereocenters. The van der Waals surface area contributed by atoms with E-state index in [1.165, 1.54) is 25.2 Å². The molecule has 2 aromatic heterocycles. The maximum atomic E-state index is 13.5. The molecule has 0 radical (unpaired) electrons. The van der Waals surface area contributed by atoms with E-state index < -0.39 is 11.7 Å². The molecule has 0 aliphatic heterocycles. The van der Waals surface area contributed by atoms with E-state index in [-0.39, 0.29) is 11.0 Å². The Kier molecular flexibility index (Phi) is 5.62. The van der Waals surface area contributed by atoms with Crippen molar-refractivity contribution >= 4 is 22.9 Å². The fourth-order valence-electron chi connectivity index (χ4n) is 3.61. The lowest BCUT2D eigenvalue weighted by atomic mass is 9.96. The molecule has 0 saturated heterocycles. The first kappa shape index (κ1) is 21.2. The van der Waals surface area contributed by atoms with Crippen molar-refractivity contribution in [3.05, 3.63) is 54.0 Å². The van der Waals surface area contributed by atoms with Crippen LogP contribution < -0.4 is 4.72 Å². The van der Waals surface area contributed by atoms with Gasteiger partial charge in [-0.3, -0.25) is 9.71 Å².